The van der Waals surface area contributed by atoms with Gasteiger partial charge in [-0.15, -0.1) is 0 Å². The molecule has 90 valence electrons. The molecule has 0 radical (unpaired) electrons. The summed E-state index contributed by atoms with van der Waals surface area (Å²) in [6, 6.07) is 0.313. The van der Waals surface area contributed by atoms with Crippen molar-refractivity contribution in [3.05, 3.63) is 23.8 Å². The molecule has 0 bridgehead atoms. The third kappa shape index (κ3) is 2.41. The Hall–Kier alpha value is -1.98. The molecule has 1 N–H and O–H groups in total. The van der Waals surface area contributed by atoms with E-state index in [0.717, 1.165) is 19.0 Å². The Morgan fingerprint density at radius 1 is 1.35 bits per heavy atom. The lowest BCUT2D eigenvalue weighted by Crippen LogP contribution is -2.33. The number of carboxylic acids is 1. The highest BCUT2D eigenvalue weighted by Crippen LogP contribution is 2.27. The van der Waals surface area contributed by atoms with E-state index in [1.165, 1.54) is 6.20 Å². The van der Waals surface area contributed by atoms with Gasteiger partial charge in [0.1, 0.15) is 5.69 Å². The van der Waals surface area contributed by atoms with Crippen molar-refractivity contribution in [1.29, 1.82) is 0 Å². The highest BCUT2D eigenvalue weighted by atomic mass is 16.4. The molecule has 0 atom stereocenters. The molecule has 1 heterocycles. The van der Waals surface area contributed by atoms with Crippen LogP contribution in [-0.2, 0) is 0 Å². The Bertz CT molecular complexity index is 440. The third-order valence-electron chi connectivity index (χ3n) is 2.68. The van der Waals surface area contributed by atoms with Crippen molar-refractivity contribution in [3.63, 3.8) is 0 Å². The second kappa shape index (κ2) is 4.48. The summed E-state index contributed by atoms with van der Waals surface area (Å²) in [6.45, 7) is 2.54. The van der Waals surface area contributed by atoms with Crippen LogP contribution in [-0.4, -0.2) is 44.4 Å². The van der Waals surface area contributed by atoms with E-state index in [4.69, 9.17) is 5.11 Å². The van der Waals surface area contributed by atoms with E-state index in [9.17, 15) is 9.59 Å². The lowest BCUT2D eigenvalue weighted by molar-refractivity contribution is 0.0685. The summed E-state index contributed by atoms with van der Waals surface area (Å²) in [5.74, 6) is -1.33. The molecule has 0 saturated heterocycles. The zero-order valence-corrected chi connectivity index (χ0v) is 9.46. The van der Waals surface area contributed by atoms with Crippen molar-refractivity contribution in [2.24, 2.45) is 0 Å². The smallest absolute Gasteiger partial charge is 0.356 e. The number of hydrogen-bond acceptors (Lipinski definition) is 4. The quantitative estimate of drug-likeness (QED) is 0.834. The number of rotatable bonds is 4. The normalized spacial score (nSPS) is 14.4. The highest BCUT2D eigenvalue weighted by molar-refractivity contribution is 5.93. The number of carbonyl (C=O) groups is 2. The van der Waals surface area contributed by atoms with Gasteiger partial charge < -0.3 is 10.0 Å². The van der Waals surface area contributed by atoms with Gasteiger partial charge in [-0.05, 0) is 19.8 Å². The fourth-order valence-electron chi connectivity index (χ4n) is 1.65. The third-order valence-corrected chi connectivity index (χ3v) is 2.68. The average Bonchev–Trinajstić information content (AvgIpc) is 3.14. The molecular weight excluding hydrogens is 222 g/mol. The number of aromatic nitrogens is 2. The van der Waals surface area contributed by atoms with Crippen LogP contribution in [0.4, 0.5) is 0 Å². The minimum Gasteiger partial charge on any atom is -0.476 e. The summed E-state index contributed by atoms with van der Waals surface area (Å²) < 4.78 is 0. The van der Waals surface area contributed by atoms with Crippen LogP contribution in [0.2, 0.25) is 0 Å². The average molecular weight is 235 g/mol. The Kier molecular flexibility index (Phi) is 3.03. The summed E-state index contributed by atoms with van der Waals surface area (Å²) in [5, 5.41) is 8.67. The lowest BCUT2D eigenvalue weighted by Gasteiger charge is -2.19. The molecule has 6 nitrogen and oxygen atoms in total. The van der Waals surface area contributed by atoms with E-state index < -0.39 is 5.97 Å². The first-order chi connectivity index (χ1) is 8.13. The van der Waals surface area contributed by atoms with Crippen LogP contribution in [0, 0.1) is 0 Å². The number of hydrogen-bond donors (Lipinski definition) is 1. The molecule has 1 fully saturated rings. The second-order valence-corrected chi connectivity index (χ2v) is 3.91. The van der Waals surface area contributed by atoms with Gasteiger partial charge in [0.05, 0.1) is 12.4 Å². The predicted octanol–water partition coefficient (Wildman–Crippen LogP) is 0.799. The van der Waals surface area contributed by atoms with E-state index in [1.807, 2.05) is 6.92 Å². The van der Waals surface area contributed by atoms with Crippen LogP contribution >= 0.6 is 0 Å². The van der Waals surface area contributed by atoms with Gasteiger partial charge in [-0.2, -0.15) is 0 Å². The standard InChI is InChI=1S/C11H13N3O3/c1-2-14(7-3-4-7)10(15)8-5-13-9(6-12-8)11(16)17/h5-7H,2-4H2,1H3,(H,16,17). The molecule has 0 aliphatic heterocycles. The van der Waals surface area contributed by atoms with Crippen molar-refractivity contribution in [3.8, 4) is 0 Å². The van der Waals surface area contributed by atoms with E-state index in [1.54, 1.807) is 4.90 Å². The number of carbonyl (C=O) groups excluding carboxylic acids is 1. The molecule has 1 aliphatic rings. The maximum absolute atomic E-state index is 12.0. The summed E-state index contributed by atoms with van der Waals surface area (Å²) in [7, 11) is 0. The number of nitrogens with zero attached hydrogens (tertiary/aromatic N) is 3. The van der Waals surface area contributed by atoms with Crippen LogP contribution in [0.3, 0.4) is 0 Å². The number of carboxylic acid groups (broad SMARTS) is 1. The van der Waals surface area contributed by atoms with E-state index in [0.29, 0.717) is 12.6 Å². The Morgan fingerprint density at radius 2 is 1.94 bits per heavy atom. The van der Waals surface area contributed by atoms with Gasteiger partial charge in [0.2, 0.25) is 0 Å². The topological polar surface area (TPSA) is 83.4 Å². The fourth-order valence-corrected chi connectivity index (χ4v) is 1.65. The molecule has 0 aromatic carbocycles. The minimum absolute atomic E-state index is 0.156. The molecule has 2 rings (SSSR count). The molecule has 0 unspecified atom stereocenters. The Balaban J connectivity index is 2.15. The van der Waals surface area contributed by atoms with Crippen molar-refractivity contribution < 1.29 is 14.7 Å². The molecule has 17 heavy (non-hydrogen) atoms. The van der Waals surface area contributed by atoms with E-state index in [-0.39, 0.29) is 17.3 Å². The zero-order valence-electron chi connectivity index (χ0n) is 9.46. The molecule has 1 saturated carbocycles. The number of amides is 1. The van der Waals surface area contributed by atoms with Gasteiger partial charge in [-0.1, -0.05) is 0 Å². The lowest BCUT2D eigenvalue weighted by atomic mass is 10.3. The van der Waals surface area contributed by atoms with Crippen LogP contribution in [0.15, 0.2) is 12.4 Å². The molecule has 1 amide bonds. The zero-order chi connectivity index (χ0) is 12.4. The predicted molar refractivity (Wildman–Crippen MR) is 58.7 cm³/mol. The first kappa shape index (κ1) is 11.5. The van der Waals surface area contributed by atoms with E-state index in [2.05, 4.69) is 9.97 Å². The second-order valence-electron chi connectivity index (χ2n) is 3.91. The highest BCUT2D eigenvalue weighted by Gasteiger charge is 2.32. The van der Waals surface area contributed by atoms with Gasteiger partial charge >= 0.3 is 5.97 Å². The molecule has 1 aliphatic carbocycles. The van der Waals surface area contributed by atoms with Crippen LogP contribution in [0.25, 0.3) is 0 Å². The van der Waals surface area contributed by atoms with Gasteiger partial charge in [0.15, 0.2) is 5.69 Å². The summed E-state index contributed by atoms with van der Waals surface area (Å²) >= 11 is 0. The van der Waals surface area contributed by atoms with Gasteiger partial charge in [0.25, 0.3) is 5.91 Å². The summed E-state index contributed by atoms with van der Waals surface area (Å²) in [5.41, 5.74) is 0.0415. The molecule has 0 spiro atoms. The van der Waals surface area contributed by atoms with E-state index >= 15 is 0 Å². The molecule has 1 aromatic heterocycles. The largest absolute Gasteiger partial charge is 0.476 e. The monoisotopic (exact) mass is 235 g/mol. The van der Waals surface area contributed by atoms with Crippen molar-refractivity contribution in [2.75, 3.05) is 6.54 Å². The van der Waals surface area contributed by atoms with Gasteiger partial charge in [-0.3, -0.25) is 4.79 Å². The minimum atomic E-state index is -1.15. The SMILES string of the molecule is CCN(C(=O)c1cnc(C(=O)O)cn1)C1CC1. The maximum atomic E-state index is 12.0. The Labute approximate surface area is 98.3 Å². The van der Waals surface area contributed by atoms with Crippen molar-refractivity contribution in [1.82, 2.24) is 14.9 Å². The fraction of sp³-hybridized carbons (Fsp3) is 0.455. The maximum Gasteiger partial charge on any atom is 0.356 e. The molecule has 6 heteroatoms. The Morgan fingerprint density at radius 3 is 2.35 bits per heavy atom. The van der Waals surface area contributed by atoms with Gasteiger partial charge in [-0.25, -0.2) is 14.8 Å². The molecular formula is C11H13N3O3. The first-order valence-electron chi connectivity index (χ1n) is 5.49. The molecule has 1 aromatic rings. The number of aromatic carboxylic acids is 1. The van der Waals surface area contributed by atoms with Crippen molar-refractivity contribution in [2.45, 2.75) is 25.8 Å². The summed E-state index contributed by atoms with van der Waals surface area (Å²) in [4.78, 5) is 31.9. The first-order valence-corrected chi connectivity index (χ1v) is 5.49. The van der Waals surface area contributed by atoms with Crippen LogP contribution in [0.1, 0.15) is 40.7 Å². The summed E-state index contributed by atoms with van der Waals surface area (Å²) in [6.07, 6.45) is 4.38. The van der Waals surface area contributed by atoms with Crippen LogP contribution in [0.5, 0.6) is 0 Å². The van der Waals surface area contributed by atoms with Gasteiger partial charge in [0, 0.05) is 12.6 Å². The van der Waals surface area contributed by atoms with Crippen LogP contribution < -0.4 is 0 Å². The van der Waals surface area contributed by atoms with Crippen molar-refractivity contribution >= 4 is 11.9 Å².